The molecule has 0 bridgehead atoms. The van der Waals surface area contributed by atoms with Crippen molar-refractivity contribution in [3.8, 4) is 6.01 Å². The van der Waals surface area contributed by atoms with E-state index in [0.29, 0.717) is 30.4 Å². The Morgan fingerprint density at radius 1 is 1.09 bits per heavy atom. The number of anilines is 2. The van der Waals surface area contributed by atoms with Gasteiger partial charge in [0.15, 0.2) is 0 Å². The number of nitrogens with one attached hydrogen (secondary N) is 1. The molecule has 4 heterocycles. The second-order valence-corrected chi connectivity index (χ2v) is 11.3. The molecule has 8 nitrogen and oxygen atoms in total. The van der Waals surface area contributed by atoms with Crippen LogP contribution >= 0.6 is 0 Å². The molecular weight excluding hydrogens is 541 g/mol. The van der Waals surface area contributed by atoms with Gasteiger partial charge in [-0.25, -0.2) is 9.37 Å². The van der Waals surface area contributed by atoms with Gasteiger partial charge in [-0.15, -0.1) is 0 Å². The summed E-state index contributed by atoms with van der Waals surface area (Å²) < 4.78 is 22.8. The van der Waals surface area contributed by atoms with Crippen molar-refractivity contribution in [3.05, 3.63) is 82.7 Å². The first kappa shape index (κ1) is 28.7. The quantitative estimate of drug-likeness (QED) is 0.213. The Balaban J connectivity index is 1.42. The molecule has 222 valence electrons. The number of benzene rings is 2. The van der Waals surface area contributed by atoms with Gasteiger partial charge in [-0.3, -0.25) is 9.89 Å². The van der Waals surface area contributed by atoms with Crippen LogP contribution in [0.1, 0.15) is 60.6 Å². The first-order chi connectivity index (χ1) is 21.0. The Morgan fingerprint density at radius 3 is 2.60 bits per heavy atom. The highest BCUT2D eigenvalue weighted by atomic mass is 19.1. The van der Waals surface area contributed by atoms with Gasteiger partial charge >= 0.3 is 6.01 Å². The Kier molecular flexibility index (Phi) is 8.33. The summed E-state index contributed by atoms with van der Waals surface area (Å²) in [5.41, 5.74) is 9.40. The van der Waals surface area contributed by atoms with E-state index >= 15 is 4.39 Å². The number of nitrogens with zero attached hydrogens (tertiary/aromatic N) is 5. The highest BCUT2D eigenvalue weighted by molar-refractivity contribution is 5.99. The summed E-state index contributed by atoms with van der Waals surface area (Å²) in [5.74, 6) is 0.338. The highest BCUT2D eigenvalue weighted by Crippen LogP contribution is 2.39. The molecule has 2 aromatic heterocycles. The van der Waals surface area contributed by atoms with Gasteiger partial charge in [0.2, 0.25) is 0 Å². The van der Waals surface area contributed by atoms with Gasteiger partial charge in [0, 0.05) is 31.6 Å². The zero-order chi connectivity index (χ0) is 29.8. The molecule has 4 aromatic rings. The second kappa shape index (κ2) is 12.5. The van der Waals surface area contributed by atoms with Crippen LogP contribution in [0.4, 0.5) is 16.0 Å². The third-order valence-electron chi connectivity index (χ3n) is 8.75. The van der Waals surface area contributed by atoms with Crippen LogP contribution in [0, 0.1) is 0 Å². The number of hydrogen-bond acceptors (Lipinski definition) is 8. The molecular formula is C34H38FN7O. The van der Waals surface area contributed by atoms with E-state index in [-0.39, 0.29) is 17.2 Å². The predicted octanol–water partition coefficient (Wildman–Crippen LogP) is 6.31. The maximum Gasteiger partial charge on any atom is 0.319 e. The van der Waals surface area contributed by atoms with E-state index in [2.05, 4.69) is 50.3 Å². The average Bonchev–Trinajstić information content (AvgIpc) is 3.61. The fraction of sp³-hybridized carbons (Fsp3) is 0.353. The van der Waals surface area contributed by atoms with E-state index in [4.69, 9.17) is 15.5 Å². The molecule has 9 heteroatoms. The van der Waals surface area contributed by atoms with Crippen LogP contribution < -0.4 is 15.8 Å². The maximum absolute atomic E-state index is 16.5. The third kappa shape index (κ3) is 5.82. The van der Waals surface area contributed by atoms with Crippen LogP contribution in [0.5, 0.6) is 6.01 Å². The minimum Gasteiger partial charge on any atom is -0.461 e. The number of nitrogen functional groups attached to an aromatic ring is 1. The fourth-order valence-corrected chi connectivity index (χ4v) is 6.59. The van der Waals surface area contributed by atoms with Gasteiger partial charge in [-0.1, -0.05) is 49.4 Å². The number of fused-ring (bicyclic) bond motifs is 2. The van der Waals surface area contributed by atoms with Gasteiger partial charge in [-0.05, 0) is 79.2 Å². The van der Waals surface area contributed by atoms with Crippen LogP contribution in [0.25, 0.3) is 22.7 Å². The third-order valence-corrected chi connectivity index (χ3v) is 8.75. The number of pyridine rings is 1. The van der Waals surface area contributed by atoms with Crippen molar-refractivity contribution in [2.45, 2.75) is 51.1 Å². The van der Waals surface area contributed by atoms with Crippen LogP contribution in [0.2, 0.25) is 0 Å². The summed E-state index contributed by atoms with van der Waals surface area (Å²) in [5, 5.41) is 5.43. The minimum absolute atomic E-state index is 0.00128. The second-order valence-electron chi connectivity index (χ2n) is 11.3. The van der Waals surface area contributed by atoms with Gasteiger partial charge in [0.05, 0.1) is 11.1 Å². The first-order valence-corrected chi connectivity index (χ1v) is 15.0. The molecule has 2 fully saturated rings. The number of hydrogen-bond donors (Lipinski definition) is 2. The normalized spacial score (nSPS) is 16.7. The number of halogens is 1. The molecule has 3 N–H and O–H groups in total. The smallest absolute Gasteiger partial charge is 0.319 e. The Labute approximate surface area is 251 Å². The van der Waals surface area contributed by atoms with E-state index < -0.39 is 5.83 Å². The highest BCUT2D eigenvalue weighted by Gasteiger charge is 2.45. The van der Waals surface area contributed by atoms with Gasteiger partial charge in [0.25, 0.3) is 0 Å². The van der Waals surface area contributed by atoms with E-state index in [0.717, 1.165) is 72.7 Å². The van der Waals surface area contributed by atoms with Crippen molar-refractivity contribution >= 4 is 40.5 Å². The lowest BCUT2D eigenvalue weighted by atomic mass is 9.95. The monoisotopic (exact) mass is 579 g/mol. The Hall–Kier alpha value is -4.37. The van der Waals surface area contributed by atoms with Crippen LogP contribution in [0.3, 0.4) is 0 Å². The van der Waals surface area contributed by atoms with E-state index in [9.17, 15) is 0 Å². The molecule has 0 unspecified atom stereocenters. The Bertz CT molecular complexity index is 1670. The molecule has 0 atom stereocenters. The van der Waals surface area contributed by atoms with E-state index in [1.807, 2.05) is 30.3 Å². The van der Waals surface area contributed by atoms with Gasteiger partial charge in [-0.2, -0.15) is 9.97 Å². The molecule has 2 aromatic carbocycles. The topological polar surface area (TPSA) is 102 Å². The number of aliphatic imine (C=N–C) groups is 1. The predicted molar refractivity (Wildman–Crippen MR) is 172 cm³/mol. The lowest BCUT2D eigenvalue weighted by Crippen LogP contribution is -2.43. The van der Waals surface area contributed by atoms with Crippen molar-refractivity contribution in [2.24, 2.45) is 4.99 Å². The molecule has 2 saturated heterocycles. The fourth-order valence-electron chi connectivity index (χ4n) is 6.59. The maximum atomic E-state index is 16.5. The minimum atomic E-state index is -0.494. The van der Waals surface area contributed by atoms with Gasteiger partial charge in [0.1, 0.15) is 29.8 Å². The van der Waals surface area contributed by atoms with Crippen molar-refractivity contribution in [1.82, 2.24) is 19.9 Å². The SMILES string of the molecule is CCc1cccc2cccc(/C=C(\F)c3nc(OCC45CCCN4CCC5)nc(NCc4cccnc4N)c3/C=N\C)c12. The average molecular weight is 580 g/mol. The summed E-state index contributed by atoms with van der Waals surface area (Å²) in [6.45, 7) is 5.09. The van der Waals surface area contributed by atoms with Crippen molar-refractivity contribution < 1.29 is 9.13 Å². The standard InChI is InChI=1S/C34H38FN7O/c1-3-23-9-4-10-24-11-5-12-25(29(23)24)19-28(35)30-27(21-37-2)32(39-20-26-13-6-16-38-31(26)36)41-33(40-30)43-22-34-14-7-17-42(34)18-8-15-34/h4-6,9-13,16,19,21H,3,7-8,14-15,17-18,20,22H2,1-2H3,(H2,36,38)(H,39,40,41)/b28-19-,37-21-. The zero-order valence-electron chi connectivity index (χ0n) is 24.8. The largest absolute Gasteiger partial charge is 0.461 e. The Morgan fingerprint density at radius 2 is 1.86 bits per heavy atom. The number of ether oxygens (including phenoxy) is 1. The molecule has 43 heavy (non-hydrogen) atoms. The van der Waals surface area contributed by atoms with Crippen LogP contribution in [-0.2, 0) is 13.0 Å². The van der Waals surface area contributed by atoms with Crippen LogP contribution in [0.15, 0.2) is 59.7 Å². The van der Waals surface area contributed by atoms with Gasteiger partial charge < -0.3 is 15.8 Å². The van der Waals surface area contributed by atoms with Crippen molar-refractivity contribution in [3.63, 3.8) is 0 Å². The molecule has 0 aliphatic carbocycles. The summed E-state index contributed by atoms with van der Waals surface area (Å²) in [6.07, 6.45) is 10.1. The number of rotatable bonds is 10. The molecule has 0 radical (unpaired) electrons. The number of aryl methyl sites for hydroxylation is 1. The zero-order valence-corrected chi connectivity index (χ0v) is 24.8. The van der Waals surface area contributed by atoms with E-state index in [1.165, 1.54) is 0 Å². The summed E-state index contributed by atoms with van der Waals surface area (Å²) >= 11 is 0. The van der Waals surface area contributed by atoms with E-state index in [1.54, 1.807) is 25.5 Å². The number of nitrogens with two attached hydrogens (primary N) is 1. The summed E-state index contributed by atoms with van der Waals surface area (Å²) in [7, 11) is 1.64. The van der Waals surface area contributed by atoms with Crippen LogP contribution in [-0.4, -0.2) is 58.3 Å². The molecule has 0 saturated carbocycles. The summed E-state index contributed by atoms with van der Waals surface area (Å²) in [6, 6.07) is 16.0. The lowest BCUT2D eigenvalue weighted by molar-refractivity contribution is 0.107. The molecule has 0 spiro atoms. The van der Waals surface area contributed by atoms with Crippen molar-refractivity contribution in [2.75, 3.05) is 37.8 Å². The molecule has 2 aliphatic heterocycles. The van der Waals surface area contributed by atoms with Crippen molar-refractivity contribution in [1.29, 1.82) is 0 Å². The lowest BCUT2D eigenvalue weighted by Gasteiger charge is -2.31. The first-order valence-electron chi connectivity index (χ1n) is 15.0. The molecule has 2 aliphatic rings. The number of aromatic nitrogens is 3. The molecule has 6 rings (SSSR count). The summed E-state index contributed by atoms with van der Waals surface area (Å²) in [4.78, 5) is 20.3. The molecule has 0 amide bonds.